The standard InChI is InChI=1S/C8H14O4/c1-2-3-6-8(11)7(10)5(9)4-12-6/h2,5-11H,1,3-4H2/t5-,6-,7?,8?/m0/s1. The van der Waals surface area contributed by atoms with E-state index in [0.29, 0.717) is 6.42 Å². The van der Waals surface area contributed by atoms with Gasteiger partial charge in [0.1, 0.15) is 18.3 Å². The highest BCUT2D eigenvalue weighted by Gasteiger charge is 2.36. The van der Waals surface area contributed by atoms with Gasteiger partial charge in [-0.15, -0.1) is 6.58 Å². The lowest BCUT2D eigenvalue weighted by atomic mass is 9.98. The van der Waals surface area contributed by atoms with E-state index in [2.05, 4.69) is 6.58 Å². The number of hydrogen-bond acceptors (Lipinski definition) is 4. The molecule has 1 fully saturated rings. The van der Waals surface area contributed by atoms with Crippen molar-refractivity contribution in [3.8, 4) is 0 Å². The molecule has 70 valence electrons. The van der Waals surface area contributed by atoms with Gasteiger partial charge < -0.3 is 20.1 Å². The molecule has 4 nitrogen and oxygen atoms in total. The molecule has 0 saturated carbocycles. The predicted molar refractivity (Wildman–Crippen MR) is 42.6 cm³/mol. The van der Waals surface area contributed by atoms with E-state index in [1.165, 1.54) is 0 Å². The average molecular weight is 174 g/mol. The molecule has 4 atom stereocenters. The summed E-state index contributed by atoms with van der Waals surface area (Å²) in [6, 6.07) is 0. The second-order valence-electron chi connectivity index (χ2n) is 2.94. The van der Waals surface area contributed by atoms with Crippen LogP contribution in [0.2, 0.25) is 0 Å². The van der Waals surface area contributed by atoms with Crippen molar-refractivity contribution in [1.82, 2.24) is 0 Å². The third kappa shape index (κ3) is 1.84. The molecule has 0 aromatic heterocycles. The Hall–Kier alpha value is -0.420. The Bertz CT molecular complexity index is 159. The number of ether oxygens (including phenoxy) is 1. The molecule has 0 aromatic carbocycles. The van der Waals surface area contributed by atoms with E-state index in [0.717, 1.165) is 0 Å². The lowest BCUT2D eigenvalue weighted by Crippen LogP contribution is -2.52. The van der Waals surface area contributed by atoms with Gasteiger partial charge in [-0.05, 0) is 6.42 Å². The van der Waals surface area contributed by atoms with Crippen molar-refractivity contribution in [2.45, 2.75) is 30.8 Å². The quantitative estimate of drug-likeness (QED) is 0.472. The van der Waals surface area contributed by atoms with Crippen LogP contribution in [-0.4, -0.2) is 46.3 Å². The second kappa shape index (κ2) is 4.00. The van der Waals surface area contributed by atoms with Crippen LogP contribution in [0.3, 0.4) is 0 Å². The highest BCUT2D eigenvalue weighted by molar-refractivity contribution is 4.89. The zero-order valence-corrected chi connectivity index (χ0v) is 6.76. The molecule has 1 saturated heterocycles. The fourth-order valence-electron chi connectivity index (χ4n) is 1.24. The summed E-state index contributed by atoms with van der Waals surface area (Å²) >= 11 is 0. The first-order valence-corrected chi connectivity index (χ1v) is 3.93. The first kappa shape index (κ1) is 9.67. The molecular weight excluding hydrogens is 160 g/mol. The molecule has 0 aliphatic carbocycles. The topological polar surface area (TPSA) is 69.9 Å². The van der Waals surface area contributed by atoms with Crippen LogP contribution >= 0.6 is 0 Å². The van der Waals surface area contributed by atoms with Gasteiger partial charge in [0.05, 0.1) is 12.7 Å². The fourth-order valence-corrected chi connectivity index (χ4v) is 1.24. The van der Waals surface area contributed by atoms with Crippen LogP contribution in [0, 0.1) is 0 Å². The molecule has 12 heavy (non-hydrogen) atoms. The lowest BCUT2D eigenvalue weighted by Gasteiger charge is -2.34. The van der Waals surface area contributed by atoms with E-state index < -0.39 is 24.4 Å². The molecule has 1 rings (SSSR count). The molecule has 1 heterocycles. The van der Waals surface area contributed by atoms with E-state index >= 15 is 0 Å². The summed E-state index contributed by atoms with van der Waals surface area (Å²) in [4.78, 5) is 0. The average Bonchev–Trinajstić information content (AvgIpc) is 2.07. The summed E-state index contributed by atoms with van der Waals surface area (Å²) in [5.41, 5.74) is 0. The Morgan fingerprint density at radius 3 is 2.58 bits per heavy atom. The zero-order valence-electron chi connectivity index (χ0n) is 6.76. The number of aliphatic hydroxyl groups excluding tert-OH is 3. The third-order valence-corrected chi connectivity index (χ3v) is 2.01. The smallest absolute Gasteiger partial charge is 0.111 e. The molecule has 1 aliphatic rings. The Balaban J connectivity index is 2.52. The predicted octanol–water partition coefficient (Wildman–Crippen LogP) is -0.956. The van der Waals surface area contributed by atoms with Crippen LogP contribution in [0.25, 0.3) is 0 Å². The van der Waals surface area contributed by atoms with Crippen molar-refractivity contribution in [3.63, 3.8) is 0 Å². The van der Waals surface area contributed by atoms with Gasteiger partial charge in [-0.3, -0.25) is 0 Å². The minimum Gasteiger partial charge on any atom is -0.388 e. The van der Waals surface area contributed by atoms with Crippen LogP contribution in [0.1, 0.15) is 6.42 Å². The Kier molecular flexibility index (Phi) is 3.22. The Morgan fingerprint density at radius 1 is 1.33 bits per heavy atom. The normalized spacial score (nSPS) is 42.6. The molecular formula is C8H14O4. The first-order valence-electron chi connectivity index (χ1n) is 3.93. The zero-order chi connectivity index (χ0) is 9.14. The van der Waals surface area contributed by atoms with Gasteiger partial charge in [-0.25, -0.2) is 0 Å². The molecule has 0 amide bonds. The molecule has 0 spiro atoms. The summed E-state index contributed by atoms with van der Waals surface area (Å²) in [7, 11) is 0. The summed E-state index contributed by atoms with van der Waals surface area (Å²) in [5, 5.41) is 27.7. The SMILES string of the molecule is C=CC[C@@H]1OC[C@H](O)C(O)C1O. The third-order valence-electron chi connectivity index (χ3n) is 2.01. The van der Waals surface area contributed by atoms with Crippen molar-refractivity contribution in [3.05, 3.63) is 12.7 Å². The minimum atomic E-state index is -1.11. The van der Waals surface area contributed by atoms with Crippen molar-refractivity contribution >= 4 is 0 Å². The van der Waals surface area contributed by atoms with E-state index in [1.54, 1.807) is 6.08 Å². The van der Waals surface area contributed by atoms with Gasteiger partial charge in [0, 0.05) is 0 Å². The van der Waals surface area contributed by atoms with Crippen LogP contribution < -0.4 is 0 Å². The Morgan fingerprint density at radius 2 is 2.00 bits per heavy atom. The van der Waals surface area contributed by atoms with Gasteiger partial charge in [0.15, 0.2) is 0 Å². The maximum absolute atomic E-state index is 9.36. The second-order valence-corrected chi connectivity index (χ2v) is 2.94. The number of aliphatic hydroxyl groups is 3. The molecule has 0 bridgehead atoms. The molecule has 4 heteroatoms. The van der Waals surface area contributed by atoms with Crippen molar-refractivity contribution in [2.24, 2.45) is 0 Å². The van der Waals surface area contributed by atoms with E-state index in [9.17, 15) is 10.2 Å². The van der Waals surface area contributed by atoms with Crippen molar-refractivity contribution in [1.29, 1.82) is 0 Å². The number of hydrogen-bond donors (Lipinski definition) is 3. The molecule has 2 unspecified atom stereocenters. The summed E-state index contributed by atoms with van der Waals surface area (Å²) in [5.74, 6) is 0. The minimum absolute atomic E-state index is 0.0662. The van der Waals surface area contributed by atoms with E-state index in [4.69, 9.17) is 9.84 Å². The molecule has 0 aromatic rings. The maximum Gasteiger partial charge on any atom is 0.111 e. The highest BCUT2D eigenvalue weighted by Crippen LogP contribution is 2.17. The summed E-state index contributed by atoms with van der Waals surface area (Å²) < 4.78 is 5.08. The van der Waals surface area contributed by atoms with Crippen molar-refractivity contribution < 1.29 is 20.1 Å². The van der Waals surface area contributed by atoms with Crippen molar-refractivity contribution in [2.75, 3.05) is 6.61 Å². The lowest BCUT2D eigenvalue weighted by molar-refractivity contribution is -0.185. The van der Waals surface area contributed by atoms with Crippen LogP contribution in [0.5, 0.6) is 0 Å². The van der Waals surface area contributed by atoms with Gasteiger partial charge in [-0.1, -0.05) is 6.08 Å². The van der Waals surface area contributed by atoms with Gasteiger partial charge in [0.25, 0.3) is 0 Å². The van der Waals surface area contributed by atoms with Gasteiger partial charge >= 0.3 is 0 Å². The van der Waals surface area contributed by atoms with E-state index in [1.807, 2.05) is 0 Å². The monoisotopic (exact) mass is 174 g/mol. The molecule has 3 N–H and O–H groups in total. The fraction of sp³-hybridized carbons (Fsp3) is 0.750. The summed E-state index contributed by atoms with van der Waals surface area (Å²) in [6.45, 7) is 3.56. The summed E-state index contributed by atoms with van der Waals surface area (Å²) in [6.07, 6.45) is -1.47. The van der Waals surface area contributed by atoms with Gasteiger partial charge in [0.2, 0.25) is 0 Å². The first-order chi connectivity index (χ1) is 5.66. The van der Waals surface area contributed by atoms with Crippen LogP contribution in [0.4, 0.5) is 0 Å². The maximum atomic E-state index is 9.36. The van der Waals surface area contributed by atoms with Crippen LogP contribution in [-0.2, 0) is 4.74 Å². The molecule has 1 aliphatic heterocycles. The molecule has 0 radical (unpaired) electrons. The van der Waals surface area contributed by atoms with E-state index in [-0.39, 0.29) is 6.61 Å². The van der Waals surface area contributed by atoms with Crippen LogP contribution in [0.15, 0.2) is 12.7 Å². The van der Waals surface area contributed by atoms with Gasteiger partial charge in [-0.2, -0.15) is 0 Å². The number of rotatable bonds is 2. The Labute approximate surface area is 71.1 Å². The highest BCUT2D eigenvalue weighted by atomic mass is 16.5. The largest absolute Gasteiger partial charge is 0.388 e.